The summed E-state index contributed by atoms with van der Waals surface area (Å²) in [5.74, 6) is -0.485. The fraction of sp³-hybridized carbons (Fsp3) is 0.0870. The molecule has 0 aliphatic carbocycles. The van der Waals surface area contributed by atoms with Crippen molar-refractivity contribution in [2.45, 2.75) is 4.90 Å². The Morgan fingerprint density at radius 1 is 1.00 bits per heavy atom. The summed E-state index contributed by atoms with van der Waals surface area (Å²) in [6.07, 6.45) is 0. The number of carbonyl (C=O) groups is 1. The van der Waals surface area contributed by atoms with Gasteiger partial charge < -0.3 is 19.8 Å². The molecule has 176 valence electrons. The quantitative estimate of drug-likeness (QED) is 0.333. The van der Waals surface area contributed by atoms with Crippen LogP contribution in [0.4, 0.5) is 15.8 Å². The number of amides is 1. The van der Waals surface area contributed by atoms with E-state index >= 15 is 0 Å². The lowest BCUT2D eigenvalue weighted by Crippen LogP contribution is -2.30. The number of aromatic amines is 1. The van der Waals surface area contributed by atoms with Crippen LogP contribution in [0.15, 0.2) is 65.6 Å². The van der Waals surface area contributed by atoms with Crippen molar-refractivity contribution in [1.29, 1.82) is 0 Å². The number of fused-ring (bicyclic) bond motifs is 1. The Balaban J connectivity index is 1.66. The number of ether oxygens (including phenoxy) is 2. The SMILES string of the molecule is COc1ccc(S(=O)(=O)NC(=O)c2cc3c(Nc4ccc(F)c(Cl)c4)ccc(OC)c3[nH]2)cc1. The number of carbonyl (C=O) groups excluding carboxylic acids is 1. The van der Waals surface area contributed by atoms with Crippen LogP contribution in [0.25, 0.3) is 10.9 Å². The number of rotatable bonds is 7. The summed E-state index contributed by atoms with van der Waals surface area (Å²) in [6, 6.07) is 14.7. The predicted molar refractivity (Wildman–Crippen MR) is 127 cm³/mol. The molecule has 1 aromatic heterocycles. The molecule has 0 atom stereocenters. The van der Waals surface area contributed by atoms with E-state index in [1.165, 1.54) is 62.8 Å². The standard InChI is InChI=1S/C23H19ClFN3O5S/c1-32-14-4-6-15(7-5-14)34(30,31)28-23(29)20-12-16-19(9-10-21(33-2)22(16)27-20)26-13-3-8-18(25)17(24)11-13/h3-12,26-27H,1-2H3,(H,28,29). The number of benzene rings is 3. The van der Waals surface area contributed by atoms with E-state index in [0.717, 1.165) is 0 Å². The third kappa shape index (κ3) is 4.63. The first kappa shape index (κ1) is 23.4. The minimum Gasteiger partial charge on any atom is -0.497 e. The van der Waals surface area contributed by atoms with Crippen LogP contribution < -0.4 is 19.5 Å². The van der Waals surface area contributed by atoms with Gasteiger partial charge in [0.25, 0.3) is 15.9 Å². The molecule has 4 rings (SSSR count). The van der Waals surface area contributed by atoms with E-state index < -0.39 is 21.7 Å². The summed E-state index contributed by atoms with van der Waals surface area (Å²) in [5.41, 5.74) is 1.54. The zero-order valence-corrected chi connectivity index (χ0v) is 19.6. The van der Waals surface area contributed by atoms with Crippen LogP contribution in [-0.2, 0) is 10.0 Å². The monoisotopic (exact) mass is 503 g/mol. The van der Waals surface area contributed by atoms with Crippen molar-refractivity contribution in [2.75, 3.05) is 19.5 Å². The zero-order valence-electron chi connectivity index (χ0n) is 18.0. The van der Waals surface area contributed by atoms with Crippen molar-refractivity contribution < 1.29 is 27.1 Å². The van der Waals surface area contributed by atoms with Crippen molar-refractivity contribution in [2.24, 2.45) is 0 Å². The Labute approximate surface area is 199 Å². The van der Waals surface area contributed by atoms with Gasteiger partial charge in [-0.1, -0.05) is 11.6 Å². The minimum atomic E-state index is -4.13. The number of anilines is 2. The molecule has 3 aromatic carbocycles. The maximum Gasteiger partial charge on any atom is 0.281 e. The smallest absolute Gasteiger partial charge is 0.281 e. The Morgan fingerprint density at radius 3 is 2.38 bits per heavy atom. The lowest BCUT2D eigenvalue weighted by Gasteiger charge is -2.10. The van der Waals surface area contributed by atoms with Gasteiger partial charge in [-0.2, -0.15) is 0 Å². The molecule has 0 unspecified atom stereocenters. The zero-order chi connectivity index (χ0) is 24.5. The molecular weight excluding hydrogens is 485 g/mol. The largest absolute Gasteiger partial charge is 0.497 e. The van der Waals surface area contributed by atoms with E-state index in [-0.39, 0.29) is 15.6 Å². The summed E-state index contributed by atoms with van der Waals surface area (Å²) in [6.45, 7) is 0. The summed E-state index contributed by atoms with van der Waals surface area (Å²) >= 11 is 5.86. The van der Waals surface area contributed by atoms with E-state index in [1.54, 1.807) is 12.1 Å². The molecule has 0 aliphatic heterocycles. The number of aromatic nitrogens is 1. The third-order valence-electron chi connectivity index (χ3n) is 5.02. The Kier molecular flexibility index (Phi) is 6.36. The molecule has 0 bridgehead atoms. The van der Waals surface area contributed by atoms with Crippen LogP contribution in [0, 0.1) is 5.82 Å². The average Bonchev–Trinajstić information content (AvgIpc) is 3.28. The average molecular weight is 504 g/mol. The van der Waals surface area contributed by atoms with Crippen LogP contribution in [0.5, 0.6) is 11.5 Å². The minimum absolute atomic E-state index is 0.00299. The maximum atomic E-state index is 13.5. The second kappa shape index (κ2) is 9.24. The van der Waals surface area contributed by atoms with Crippen LogP contribution in [0.1, 0.15) is 10.5 Å². The van der Waals surface area contributed by atoms with Crippen molar-refractivity contribution >= 4 is 49.8 Å². The number of H-pyrrole nitrogens is 1. The molecule has 34 heavy (non-hydrogen) atoms. The molecule has 8 nitrogen and oxygen atoms in total. The van der Waals surface area contributed by atoms with Gasteiger partial charge in [0.2, 0.25) is 0 Å². The second-order valence-electron chi connectivity index (χ2n) is 7.15. The number of hydrogen-bond acceptors (Lipinski definition) is 6. The second-order valence-corrected chi connectivity index (χ2v) is 9.24. The normalized spacial score (nSPS) is 11.3. The fourth-order valence-electron chi connectivity index (χ4n) is 3.32. The molecule has 4 aromatic rings. The first-order valence-corrected chi connectivity index (χ1v) is 11.7. The summed E-state index contributed by atoms with van der Waals surface area (Å²) in [4.78, 5) is 15.6. The lowest BCUT2D eigenvalue weighted by atomic mass is 10.2. The number of methoxy groups -OCH3 is 2. The first-order chi connectivity index (χ1) is 16.2. The summed E-state index contributed by atoms with van der Waals surface area (Å²) in [7, 11) is -1.20. The Morgan fingerprint density at radius 2 is 1.74 bits per heavy atom. The van der Waals surface area contributed by atoms with Gasteiger partial charge in [-0.25, -0.2) is 17.5 Å². The number of halogens is 2. The van der Waals surface area contributed by atoms with Gasteiger partial charge in [0.15, 0.2) is 0 Å². The molecule has 3 N–H and O–H groups in total. The topological polar surface area (TPSA) is 110 Å². The van der Waals surface area contributed by atoms with Crippen LogP contribution in [0.2, 0.25) is 5.02 Å². The van der Waals surface area contributed by atoms with Crippen LogP contribution in [-0.4, -0.2) is 33.5 Å². The molecule has 11 heteroatoms. The number of hydrogen-bond donors (Lipinski definition) is 3. The highest BCUT2D eigenvalue weighted by Crippen LogP contribution is 2.34. The van der Waals surface area contributed by atoms with Crippen LogP contribution in [0.3, 0.4) is 0 Å². The highest BCUT2D eigenvalue weighted by Gasteiger charge is 2.22. The van der Waals surface area contributed by atoms with E-state index in [1.807, 2.05) is 4.72 Å². The van der Waals surface area contributed by atoms with Gasteiger partial charge in [0.1, 0.15) is 23.0 Å². The fourth-order valence-corrected chi connectivity index (χ4v) is 4.46. The molecule has 0 spiro atoms. The Hall–Kier alpha value is -3.76. The van der Waals surface area contributed by atoms with Gasteiger partial charge >= 0.3 is 0 Å². The van der Waals surface area contributed by atoms with E-state index in [0.29, 0.717) is 33.8 Å². The third-order valence-corrected chi connectivity index (χ3v) is 6.65. The van der Waals surface area contributed by atoms with E-state index in [2.05, 4.69) is 10.3 Å². The van der Waals surface area contributed by atoms with Gasteiger partial charge in [-0.15, -0.1) is 0 Å². The maximum absolute atomic E-state index is 13.5. The molecule has 0 radical (unpaired) electrons. The molecular formula is C23H19ClFN3O5S. The van der Waals surface area contributed by atoms with E-state index in [9.17, 15) is 17.6 Å². The molecule has 0 aliphatic rings. The lowest BCUT2D eigenvalue weighted by molar-refractivity contribution is 0.0977. The van der Waals surface area contributed by atoms with Gasteiger partial charge in [0, 0.05) is 16.8 Å². The summed E-state index contributed by atoms with van der Waals surface area (Å²) < 4.78 is 51.2. The van der Waals surface area contributed by atoms with Crippen LogP contribution >= 0.6 is 11.6 Å². The number of nitrogens with one attached hydrogen (secondary N) is 3. The van der Waals surface area contributed by atoms with E-state index in [4.69, 9.17) is 21.1 Å². The molecule has 1 heterocycles. The highest BCUT2D eigenvalue weighted by molar-refractivity contribution is 7.90. The number of sulfonamides is 1. The highest BCUT2D eigenvalue weighted by atomic mass is 35.5. The van der Waals surface area contributed by atoms with Crippen molar-refractivity contribution in [3.05, 3.63) is 77.2 Å². The molecule has 0 saturated heterocycles. The molecule has 1 amide bonds. The Bertz CT molecular complexity index is 1490. The predicted octanol–water partition coefficient (Wildman–Crippen LogP) is 4.84. The van der Waals surface area contributed by atoms with Crippen molar-refractivity contribution in [3.63, 3.8) is 0 Å². The van der Waals surface area contributed by atoms with Crippen molar-refractivity contribution in [3.8, 4) is 11.5 Å². The van der Waals surface area contributed by atoms with Gasteiger partial charge in [-0.3, -0.25) is 4.79 Å². The molecule has 0 saturated carbocycles. The van der Waals surface area contributed by atoms with Gasteiger partial charge in [-0.05, 0) is 60.7 Å². The first-order valence-electron chi connectivity index (χ1n) is 9.85. The van der Waals surface area contributed by atoms with Gasteiger partial charge in [0.05, 0.1) is 29.7 Å². The van der Waals surface area contributed by atoms with Crippen molar-refractivity contribution in [1.82, 2.24) is 9.71 Å². The summed E-state index contributed by atoms with van der Waals surface area (Å²) in [5, 5.41) is 3.61. The molecule has 0 fully saturated rings.